The fourth-order valence-corrected chi connectivity index (χ4v) is 3.61. The van der Waals surface area contributed by atoms with E-state index in [1.54, 1.807) is 7.11 Å². The maximum Gasteiger partial charge on any atom is 0.118 e. The second-order valence-electron chi connectivity index (χ2n) is 5.08. The monoisotopic (exact) mass is 297 g/mol. The number of likely N-dealkylation sites (N-methyl/N-ethyl adjacent to an activating group) is 1. The third-order valence-corrected chi connectivity index (χ3v) is 4.86. The van der Waals surface area contributed by atoms with Crippen molar-refractivity contribution < 1.29 is 4.74 Å². The number of hydrogen-bond acceptors (Lipinski definition) is 3. The van der Waals surface area contributed by atoms with Crippen LogP contribution >= 0.6 is 11.3 Å². The molecule has 1 N–H and O–H groups in total. The summed E-state index contributed by atoms with van der Waals surface area (Å²) in [5, 5.41) is 7.07. The minimum absolute atomic E-state index is 0.314. The van der Waals surface area contributed by atoms with Crippen LogP contribution in [0.1, 0.15) is 17.2 Å². The van der Waals surface area contributed by atoms with Crippen molar-refractivity contribution in [3.63, 3.8) is 0 Å². The van der Waals surface area contributed by atoms with Crippen molar-refractivity contribution in [2.75, 3.05) is 14.2 Å². The molecule has 3 rings (SSSR count). The number of thiophene rings is 1. The van der Waals surface area contributed by atoms with E-state index in [0.717, 1.165) is 12.2 Å². The largest absolute Gasteiger partial charge is 0.497 e. The molecule has 1 aromatic heterocycles. The number of hydrogen-bond donors (Lipinski definition) is 1. The maximum absolute atomic E-state index is 5.23. The molecule has 2 aromatic carbocycles. The Kier molecular flexibility index (Phi) is 4.23. The summed E-state index contributed by atoms with van der Waals surface area (Å²) in [6, 6.07) is 17.2. The minimum atomic E-state index is 0.314. The van der Waals surface area contributed by atoms with Gasteiger partial charge >= 0.3 is 0 Å². The molecular weight excluding hydrogens is 278 g/mol. The summed E-state index contributed by atoms with van der Waals surface area (Å²) in [5.41, 5.74) is 2.69. The van der Waals surface area contributed by atoms with Crippen LogP contribution in [0.5, 0.6) is 5.75 Å². The van der Waals surface area contributed by atoms with Crippen molar-refractivity contribution in [3.05, 3.63) is 65.0 Å². The molecule has 0 aliphatic rings. The van der Waals surface area contributed by atoms with Crippen molar-refractivity contribution in [1.29, 1.82) is 0 Å². The molecule has 0 aliphatic carbocycles. The fourth-order valence-electron chi connectivity index (χ4n) is 2.63. The zero-order valence-corrected chi connectivity index (χ0v) is 13.1. The second kappa shape index (κ2) is 6.29. The van der Waals surface area contributed by atoms with E-state index in [1.807, 2.05) is 30.5 Å². The van der Waals surface area contributed by atoms with Gasteiger partial charge in [0, 0.05) is 10.7 Å². The van der Waals surface area contributed by atoms with Gasteiger partial charge in [0.25, 0.3) is 0 Å². The highest BCUT2D eigenvalue weighted by molar-refractivity contribution is 7.17. The molecule has 0 saturated heterocycles. The first-order valence-corrected chi connectivity index (χ1v) is 7.96. The molecule has 108 valence electrons. The molecule has 0 spiro atoms. The van der Waals surface area contributed by atoms with Crippen LogP contribution in [0.4, 0.5) is 0 Å². The van der Waals surface area contributed by atoms with Gasteiger partial charge in [-0.15, -0.1) is 11.3 Å². The summed E-state index contributed by atoms with van der Waals surface area (Å²) >= 11 is 1.82. The summed E-state index contributed by atoms with van der Waals surface area (Å²) in [6.07, 6.45) is 0.993. The summed E-state index contributed by atoms with van der Waals surface area (Å²) < 4.78 is 6.59. The zero-order valence-electron chi connectivity index (χ0n) is 12.3. The van der Waals surface area contributed by atoms with Gasteiger partial charge in [-0.05, 0) is 53.6 Å². The molecule has 21 heavy (non-hydrogen) atoms. The molecule has 1 unspecified atom stereocenters. The molecule has 0 aliphatic heterocycles. The smallest absolute Gasteiger partial charge is 0.118 e. The van der Waals surface area contributed by atoms with Crippen molar-refractivity contribution in [2.45, 2.75) is 12.5 Å². The molecule has 0 bridgehead atoms. The number of benzene rings is 2. The topological polar surface area (TPSA) is 21.3 Å². The van der Waals surface area contributed by atoms with Crippen molar-refractivity contribution in [3.8, 4) is 5.75 Å². The Labute approximate surface area is 129 Å². The van der Waals surface area contributed by atoms with Crippen LogP contribution in [0.2, 0.25) is 0 Å². The van der Waals surface area contributed by atoms with E-state index in [0.29, 0.717) is 6.04 Å². The van der Waals surface area contributed by atoms with E-state index >= 15 is 0 Å². The van der Waals surface area contributed by atoms with Gasteiger partial charge in [-0.25, -0.2) is 0 Å². The summed E-state index contributed by atoms with van der Waals surface area (Å²) in [7, 11) is 3.71. The van der Waals surface area contributed by atoms with E-state index in [4.69, 9.17) is 4.74 Å². The number of nitrogens with one attached hydrogen (secondary N) is 1. The predicted octanol–water partition coefficient (Wildman–Crippen LogP) is 4.41. The van der Waals surface area contributed by atoms with Crippen LogP contribution in [-0.4, -0.2) is 14.2 Å². The first kappa shape index (κ1) is 14.1. The molecule has 0 radical (unpaired) electrons. The highest BCUT2D eigenvalue weighted by Crippen LogP contribution is 2.29. The molecule has 3 aromatic rings. The van der Waals surface area contributed by atoms with Gasteiger partial charge in [0.15, 0.2) is 0 Å². The van der Waals surface area contributed by atoms with Crippen LogP contribution in [0, 0.1) is 0 Å². The Morgan fingerprint density at radius 1 is 1.10 bits per heavy atom. The highest BCUT2D eigenvalue weighted by atomic mass is 32.1. The van der Waals surface area contributed by atoms with Gasteiger partial charge in [0.1, 0.15) is 5.75 Å². The summed E-state index contributed by atoms with van der Waals surface area (Å²) in [4.78, 5) is 0. The SMILES string of the molecule is CNC(Cc1csc2ccccc12)c1ccc(OC)cc1. The molecule has 1 atom stereocenters. The normalized spacial score (nSPS) is 12.5. The quantitative estimate of drug-likeness (QED) is 0.753. The molecule has 3 heteroatoms. The molecule has 1 heterocycles. The van der Waals surface area contributed by atoms with Gasteiger partial charge in [-0.3, -0.25) is 0 Å². The Morgan fingerprint density at radius 3 is 2.57 bits per heavy atom. The van der Waals surface area contributed by atoms with Crippen LogP contribution in [0.15, 0.2) is 53.9 Å². The van der Waals surface area contributed by atoms with Crippen LogP contribution in [-0.2, 0) is 6.42 Å². The number of fused-ring (bicyclic) bond motifs is 1. The van der Waals surface area contributed by atoms with E-state index in [2.05, 4.69) is 47.1 Å². The minimum Gasteiger partial charge on any atom is -0.497 e. The molecule has 0 fully saturated rings. The highest BCUT2D eigenvalue weighted by Gasteiger charge is 2.13. The Hall–Kier alpha value is -1.84. The second-order valence-corrected chi connectivity index (χ2v) is 5.99. The van der Waals surface area contributed by atoms with Crippen molar-refractivity contribution in [2.24, 2.45) is 0 Å². The zero-order chi connectivity index (χ0) is 14.7. The lowest BCUT2D eigenvalue weighted by Crippen LogP contribution is -2.18. The lowest BCUT2D eigenvalue weighted by atomic mass is 9.98. The average Bonchev–Trinajstić information content (AvgIpc) is 2.96. The van der Waals surface area contributed by atoms with Gasteiger partial charge < -0.3 is 10.1 Å². The van der Waals surface area contributed by atoms with Crippen molar-refractivity contribution >= 4 is 21.4 Å². The third-order valence-electron chi connectivity index (χ3n) is 3.85. The first-order valence-electron chi connectivity index (χ1n) is 7.08. The Balaban J connectivity index is 1.86. The number of ether oxygens (including phenoxy) is 1. The average molecular weight is 297 g/mol. The number of methoxy groups -OCH3 is 1. The predicted molar refractivity (Wildman–Crippen MR) is 90.3 cm³/mol. The van der Waals surface area contributed by atoms with Crippen molar-refractivity contribution in [1.82, 2.24) is 5.32 Å². The van der Waals surface area contributed by atoms with Crippen LogP contribution in [0.3, 0.4) is 0 Å². The molecule has 0 amide bonds. The van der Waals surface area contributed by atoms with Crippen LogP contribution < -0.4 is 10.1 Å². The maximum atomic E-state index is 5.23. The third kappa shape index (κ3) is 2.94. The molecular formula is C18H19NOS. The molecule has 2 nitrogen and oxygen atoms in total. The summed E-state index contributed by atoms with van der Waals surface area (Å²) in [6.45, 7) is 0. The number of rotatable bonds is 5. The fraction of sp³-hybridized carbons (Fsp3) is 0.222. The van der Waals surface area contributed by atoms with Gasteiger partial charge in [-0.2, -0.15) is 0 Å². The summed E-state index contributed by atoms with van der Waals surface area (Å²) in [5.74, 6) is 0.898. The van der Waals surface area contributed by atoms with Gasteiger partial charge in [0.05, 0.1) is 7.11 Å². The Bertz CT molecular complexity index is 717. The van der Waals surface area contributed by atoms with E-state index < -0.39 is 0 Å². The lowest BCUT2D eigenvalue weighted by Gasteiger charge is -2.17. The van der Waals surface area contributed by atoms with Gasteiger partial charge in [-0.1, -0.05) is 30.3 Å². The van der Waals surface area contributed by atoms with E-state index in [9.17, 15) is 0 Å². The Morgan fingerprint density at radius 2 is 1.86 bits per heavy atom. The lowest BCUT2D eigenvalue weighted by molar-refractivity contribution is 0.414. The van der Waals surface area contributed by atoms with E-state index in [1.165, 1.54) is 21.2 Å². The van der Waals surface area contributed by atoms with E-state index in [-0.39, 0.29) is 0 Å². The molecule has 0 saturated carbocycles. The first-order chi connectivity index (χ1) is 10.3. The standard InChI is InChI=1S/C18H19NOS/c1-19-17(13-7-9-15(20-2)10-8-13)11-14-12-21-18-6-4-3-5-16(14)18/h3-10,12,17,19H,11H2,1-2H3. The van der Waals surface area contributed by atoms with Crippen LogP contribution in [0.25, 0.3) is 10.1 Å². The van der Waals surface area contributed by atoms with Gasteiger partial charge in [0.2, 0.25) is 0 Å².